The molecule has 0 saturated carbocycles. The number of sulfonamides is 1. The predicted octanol–water partition coefficient (Wildman–Crippen LogP) is 1.10. The second-order valence-corrected chi connectivity index (χ2v) is 6.60. The quantitative estimate of drug-likeness (QED) is 0.825. The normalized spacial score (nSPS) is 11.0. The molecule has 0 aliphatic heterocycles. The summed E-state index contributed by atoms with van der Waals surface area (Å²) in [6.07, 6.45) is 1.54. The Morgan fingerprint density at radius 2 is 2.24 bits per heavy atom. The van der Waals surface area contributed by atoms with Crippen LogP contribution in [0.1, 0.15) is 10.4 Å². The molecule has 0 unspecified atom stereocenters. The van der Waals surface area contributed by atoms with Crippen molar-refractivity contribution in [2.45, 2.75) is 11.4 Å². The SMILES string of the molecule is O=S(=O)(NCc1cncs1)c1ccc(C#CCO)cc1F. The molecule has 0 spiro atoms. The van der Waals surface area contributed by atoms with Crippen molar-refractivity contribution in [3.05, 3.63) is 46.2 Å². The fourth-order valence-corrected chi connectivity index (χ4v) is 3.20. The van der Waals surface area contributed by atoms with Gasteiger partial charge in [0.2, 0.25) is 10.0 Å². The number of aliphatic hydroxyl groups is 1. The highest BCUT2D eigenvalue weighted by Gasteiger charge is 2.19. The number of nitrogens with zero attached hydrogens (tertiary/aromatic N) is 1. The predicted molar refractivity (Wildman–Crippen MR) is 76.5 cm³/mol. The van der Waals surface area contributed by atoms with Crippen LogP contribution < -0.4 is 4.72 Å². The van der Waals surface area contributed by atoms with E-state index in [1.807, 2.05) is 0 Å². The third-order valence-electron chi connectivity index (χ3n) is 2.45. The van der Waals surface area contributed by atoms with Gasteiger partial charge in [-0.05, 0) is 18.2 Å². The maximum absolute atomic E-state index is 13.9. The molecule has 1 heterocycles. The van der Waals surface area contributed by atoms with E-state index in [9.17, 15) is 12.8 Å². The van der Waals surface area contributed by atoms with Crippen molar-refractivity contribution in [3.63, 3.8) is 0 Å². The van der Waals surface area contributed by atoms with Crippen molar-refractivity contribution in [1.82, 2.24) is 9.71 Å². The van der Waals surface area contributed by atoms with Gasteiger partial charge in [0.1, 0.15) is 17.3 Å². The number of hydrogen-bond acceptors (Lipinski definition) is 5. The van der Waals surface area contributed by atoms with Crippen LogP contribution in [0.5, 0.6) is 0 Å². The molecular weight excluding hydrogens is 315 g/mol. The lowest BCUT2D eigenvalue weighted by atomic mass is 10.2. The van der Waals surface area contributed by atoms with Crippen LogP contribution in [0.3, 0.4) is 0 Å². The number of aromatic nitrogens is 1. The molecule has 1 aromatic carbocycles. The van der Waals surface area contributed by atoms with Crippen LogP contribution in [0.4, 0.5) is 4.39 Å². The number of halogens is 1. The van der Waals surface area contributed by atoms with E-state index in [4.69, 9.17) is 5.11 Å². The lowest BCUT2D eigenvalue weighted by molar-refractivity contribution is 0.350. The molecule has 2 N–H and O–H groups in total. The summed E-state index contributed by atoms with van der Waals surface area (Å²) in [6.45, 7) is -0.295. The highest BCUT2D eigenvalue weighted by atomic mass is 32.2. The van der Waals surface area contributed by atoms with Gasteiger partial charge in [0.05, 0.1) is 5.51 Å². The van der Waals surface area contributed by atoms with E-state index < -0.39 is 20.7 Å². The Bertz CT molecular complexity index is 777. The Morgan fingerprint density at radius 3 is 2.86 bits per heavy atom. The molecule has 0 saturated heterocycles. The molecule has 2 rings (SSSR count). The zero-order valence-electron chi connectivity index (χ0n) is 10.7. The van der Waals surface area contributed by atoms with Crippen LogP contribution in [-0.2, 0) is 16.6 Å². The van der Waals surface area contributed by atoms with Crippen LogP contribution in [0.2, 0.25) is 0 Å². The van der Waals surface area contributed by atoms with Crippen LogP contribution in [0.15, 0.2) is 34.8 Å². The van der Waals surface area contributed by atoms with Gasteiger partial charge in [0.15, 0.2) is 0 Å². The Morgan fingerprint density at radius 1 is 1.43 bits per heavy atom. The molecular formula is C13H11FN2O3S2. The molecule has 21 heavy (non-hydrogen) atoms. The summed E-state index contributed by atoms with van der Waals surface area (Å²) < 4.78 is 40.2. The summed E-state index contributed by atoms with van der Waals surface area (Å²) in [6, 6.07) is 3.54. The molecule has 2 aromatic rings. The van der Waals surface area contributed by atoms with Gasteiger partial charge in [0, 0.05) is 23.2 Å². The number of benzene rings is 1. The summed E-state index contributed by atoms with van der Waals surface area (Å²) in [4.78, 5) is 4.11. The lowest BCUT2D eigenvalue weighted by Crippen LogP contribution is -2.23. The second kappa shape index (κ2) is 6.78. The van der Waals surface area contributed by atoms with Gasteiger partial charge in [-0.3, -0.25) is 4.98 Å². The van der Waals surface area contributed by atoms with Gasteiger partial charge in [-0.2, -0.15) is 0 Å². The van der Waals surface area contributed by atoms with Crippen LogP contribution >= 0.6 is 11.3 Å². The lowest BCUT2D eigenvalue weighted by Gasteiger charge is -2.06. The maximum Gasteiger partial charge on any atom is 0.243 e. The first-order valence-corrected chi connectivity index (χ1v) is 8.15. The Hall–Kier alpha value is -1.79. The maximum atomic E-state index is 13.9. The van der Waals surface area contributed by atoms with E-state index in [2.05, 4.69) is 21.5 Å². The topological polar surface area (TPSA) is 79.3 Å². The molecule has 8 heteroatoms. The molecule has 0 fully saturated rings. The number of thiazole rings is 1. The molecule has 0 aliphatic rings. The fraction of sp³-hybridized carbons (Fsp3) is 0.154. The highest BCUT2D eigenvalue weighted by molar-refractivity contribution is 7.89. The second-order valence-electron chi connectivity index (χ2n) is 3.90. The Kier molecular flexibility index (Phi) is 5.03. The summed E-state index contributed by atoms with van der Waals surface area (Å²) in [7, 11) is -3.95. The zero-order valence-corrected chi connectivity index (χ0v) is 12.3. The van der Waals surface area contributed by atoms with E-state index in [0.717, 1.165) is 17.0 Å². The molecule has 0 aliphatic carbocycles. The van der Waals surface area contributed by atoms with Crippen molar-refractivity contribution in [2.24, 2.45) is 0 Å². The van der Waals surface area contributed by atoms with Gasteiger partial charge >= 0.3 is 0 Å². The van der Waals surface area contributed by atoms with E-state index in [0.29, 0.717) is 5.56 Å². The number of aliphatic hydroxyl groups excluding tert-OH is 1. The Labute approximate surface area is 125 Å². The first kappa shape index (κ1) is 15.6. The van der Waals surface area contributed by atoms with Gasteiger partial charge in [-0.25, -0.2) is 17.5 Å². The highest BCUT2D eigenvalue weighted by Crippen LogP contribution is 2.16. The Balaban J connectivity index is 2.19. The number of rotatable bonds is 4. The minimum Gasteiger partial charge on any atom is -0.384 e. The third-order valence-corrected chi connectivity index (χ3v) is 4.67. The van der Waals surface area contributed by atoms with Crippen LogP contribution in [-0.4, -0.2) is 25.1 Å². The van der Waals surface area contributed by atoms with Crippen LogP contribution in [0, 0.1) is 17.7 Å². The van der Waals surface area contributed by atoms with E-state index in [1.54, 1.807) is 5.51 Å². The molecule has 0 amide bonds. The first-order valence-electron chi connectivity index (χ1n) is 5.79. The third kappa shape index (κ3) is 4.09. The van der Waals surface area contributed by atoms with Gasteiger partial charge in [-0.1, -0.05) is 11.8 Å². The summed E-state index contributed by atoms with van der Waals surface area (Å²) in [5, 5.41) is 8.56. The average molecular weight is 326 g/mol. The standard InChI is InChI=1S/C13H11FN2O3S2/c14-12-6-10(2-1-5-17)3-4-13(12)21(18,19)16-8-11-7-15-9-20-11/h3-4,6-7,9,16-17H,5,8H2. The van der Waals surface area contributed by atoms with E-state index >= 15 is 0 Å². The fourth-order valence-electron chi connectivity index (χ4n) is 1.51. The van der Waals surface area contributed by atoms with Gasteiger partial charge in [-0.15, -0.1) is 11.3 Å². The van der Waals surface area contributed by atoms with E-state index in [1.165, 1.54) is 23.6 Å². The minimum atomic E-state index is -3.95. The van der Waals surface area contributed by atoms with Crippen molar-refractivity contribution in [3.8, 4) is 11.8 Å². The molecule has 0 bridgehead atoms. The van der Waals surface area contributed by atoms with Crippen LogP contribution in [0.25, 0.3) is 0 Å². The van der Waals surface area contributed by atoms with Gasteiger partial charge in [0.25, 0.3) is 0 Å². The first-order chi connectivity index (χ1) is 10.0. The number of hydrogen-bond donors (Lipinski definition) is 2. The summed E-state index contributed by atoms with van der Waals surface area (Å²) >= 11 is 1.30. The van der Waals surface area contributed by atoms with Crippen molar-refractivity contribution >= 4 is 21.4 Å². The largest absolute Gasteiger partial charge is 0.384 e. The zero-order chi connectivity index (χ0) is 15.3. The summed E-state index contributed by atoms with van der Waals surface area (Å²) in [5.74, 6) is 3.98. The summed E-state index contributed by atoms with van der Waals surface area (Å²) in [5.41, 5.74) is 1.88. The molecule has 5 nitrogen and oxygen atoms in total. The average Bonchev–Trinajstić information content (AvgIpc) is 2.96. The van der Waals surface area contributed by atoms with Crippen molar-refractivity contribution in [2.75, 3.05) is 6.61 Å². The molecule has 0 radical (unpaired) electrons. The number of nitrogens with one attached hydrogen (secondary N) is 1. The van der Waals surface area contributed by atoms with Gasteiger partial charge < -0.3 is 5.11 Å². The molecule has 0 atom stereocenters. The smallest absolute Gasteiger partial charge is 0.243 e. The minimum absolute atomic E-state index is 0.0541. The van der Waals surface area contributed by atoms with E-state index in [-0.39, 0.29) is 13.2 Å². The monoisotopic (exact) mass is 326 g/mol. The van der Waals surface area contributed by atoms with Crippen molar-refractivity contribution < 1.29 is 17.9 Å². The molecule has 1 aromatic heterocycles. The molecule has 110 valence electrons. The van der Waals surface area contributed by atoms with Crippen molar-refractivity contribution in [1.29, 1.82) is 0 Å².